The predicted molar refractivity (Wildman–Crippen MR) is 166 cm³/mol. The van der Waals surface area contributed by atoms with Gasteiger partial charge in [-0.25, -0.2) is 13.1 Å². The molecule has 0 spiro atoms. The van der Waals surface area contributed by atoms with Crippen molar-refractivity contribution in [3.05, 3.63) is 48.5 Å². The van der Waals surface area contributed by atoms with Crippen molar-refractivity contribution in [1.29, 1.82) is 0 Å². The van der Waals surface area contributed by atoms with Crippen LogP contribution >= 0.6 is 0 Å². The number of azo groups is 1. The van der Waals surface area contributed by atoms with E-state index in [1.807, 2.05) is 43.3 Å². The van der Waals surface area contributed by atoms with Crippen molar-refractivity contribution >= 4 is 27.1 Å². The van der Waals surface area contributed by atoms with Crippen LogP contribution < -0.4 is 9.62 Å². The lowest BCUT2D eigenvalue weighted by atomic mass is 10.0. The molecule has 0 bridgehead atoms. The van der Waals surface area contributed by atoms with E-state index in [-0.39, 0.29) is 4.90 Å². The molecule has 0 atom stereocenters. The monoisotopic (exact) mass is 556 g/mol. The Hall–Kier alpha value is -2.25. The molecular formula is C32H52N4O2S. The molecule has 39 heavy (non-hydrogen) atoms. The molecule has 0 aromatic heterocycles. The lowest BCUT2D eigenvalue weighted by Crippen LogP contribution is -2.24. The first kappa shape index (κ1) is 33.0. The summed E-state index contributed by atoms with van der Waals surface area (Å²) in [6, 6.07) is 14.3. The average Bonchev–Trinajstić information content (AvgIpc) is 2.94. The minimum absolute atomic E-state index is 0.258. The predicted octanol–water partition coefficient (Wildman–Crippen LogP) is 9.71. The van der Waals surface area contributed by atoms with Crippen molar-refractivity contribution in [2.45, 2.75) is 115 Å². The molecule has 0 aliphatic carbocycles. The van der Waals surface area contributed by atoms with Crippen LogP contribution in [0.4, 0.5) is 17.1 Å². The average molecular weight is 557 g/mol. The standard InChI is InChI=1S/C32H52N4O2S/c1-4-5-6-7-8-9-10-11-12-13-14-15-16-17-18-19-28-33-39(37,38)32-26-22-30(23-27-32)35-34-29-20-24-31(25-21-29)36(2)3/h20-27,33H,4-19,28H2,1-3H3. The molecule has 0 aliphatic rings. The largest absolute Gasteiger partial charge is 0.378 e. The van der Waals surface area contributed by atoms with Gasteiger partial charge in [-0.3, -0.25) is 0 Å². The van der Waals surface area contributed by atoms with Crippen LogP contribution in [-0.4, -0.2) is 29.1 Å². The molecule has 0 saturated carbocycles. The van der Waals surface area contributed by atoms with Crippen molar-refractivity contribution in [3.8, 4) is 0 Å². The fraction of sp³-hybridized carbons (Fsp3) is 0.625. The topological polar surface area (TPSA) is 74.1 Å². The maximum Gasteiger partial charge on any atom is 0.240 e. The first-order valence-electron chi connectivity index (χ1n) is 15.2. The molecule has 7 heteroatoms. The molecule has 0 amide bonds. The van der Waals surface area contributed by atoms with Crippen LogP contribution in [0.3, 0.4) is 0 Å². The lowest BCUT2D eigenvalue weighted by molar-refractivity contribution is 0.528. The summed E-state index contributed by atoms with van der Waals surface area (Å²) in [5.41, 5.74) is 2.46. The van der Waals surface area contributed by atoms with Crippen molar-refractivity contribution in [1.82, 2.24) is 4.72 Å². The van der Waals surface area contributed by atoms with Gasteiger partial charge in [0.15, 0.2) is 0 Å². The van der Waals surface area contributed by atoms with Gasteiger partial charge in [0.1, 0.15) is 0 Å². The highest BCUT2D eigenvalue weighted by molar-refractivity contribution is 7.89. The van der Waals surface area contributed by atoms with Gasteiger partial charge < -0.3 is 4.90 Å². The smallest absolute Gasteiger partial charge is 0.240 e. The van der Waals surface area contributed by atoms with Gasteiger partial charge in [-0.2, -0.15) is 10.2 Å². The van der Waals surface area contributed by atoms with Gasteiger partial charge in [0.05, 0.1) is 16.3 Å². The highest BCUT2D eigenvalue weighted by Gasteiger charge is 2.12. The summed E-state index contributed by atoms with van der Waals surface area (Å²) >= 11 is 0. The second-order valence-corrected chi connectivity index (χ2v) is 12.6. The number of nitrogens with one attached hydrogen (secondary N) is 1. The molecule has 0 radical (unpaired) electrons. The Morgan fingerprint density at radius 2 is 0.974 bits per heavy atom. The molecule has 2 aromatic carbocycles. The first-order chi connectivity index (χ1) is 18.9. The van der Waals surface area contributed by atoms with Gasteiger partial charge in [0, 0.05) is 26.3 Å². The van der Waals surface area contributed by atoms with Crippen LogP contribution in [0, 0.1) is 0 Å². The summed E-state index contributed by atoms with van der Waals surface area (Å²) in [4.78, 5) is 2.28. The molecule has 0 aliphatic heterocycles. The Morgan fingerprint density at radius 3 is 1.38 bits per heavy atom. The summed E-state index contributed by atoms with van der Waals surface area (Å²) in [5, 5.41) is 8.46. The second kappa shape index (κ2) is 19.8. The minimum atomic E-state index is -3.50. The van der Waals surface area contributed by atoms with Gasteiger partial charge in [-0.15, -0.1) is 0 Å². The Kier molecular flexibility index (Phi) is 16.7. The van der Waals surface area contributed by atoms with E-state index in [4.69, 9.17) is 0 Å². The van der Waals surface area contributed by atoms with Gasteiger partial charge in [-0.05, 0) is 55.0 Å². The summed E-state index contributed by atoms with van der Waals surface area (Å²) < 4.78 is 27.9. The maximum absolute atomic E-state index is 12.6. The van der Waals surface area contributed by atoms with E-state index in [0.29, 0.717) is 12.2 Å². The molecule has 0 saturated heterocycles. The fourth-order valence-electron chi connectivity index (χ4n) is 4.59. The number of hydrogen-bond donors (Lipinski definition) is 1. The Bertz CT molecular complexity index is 1020. The number of sulfonamides is 1. The normalized spacial score (nSPS) is 11.9. The highest BCUT2D eigenvalue weighted by Crippen LogP contribution is 2.22. The van der Waals surface area contributed by atoms with Crippen LogP contribution in [-0.2, 0) is 10.0 Å². The molecule has 2 rings (SSSR count). The number of anilines is 1. The molecule has 2 aromatic rings. The second-order valence-electron chi connectivity index (χ2n) is 10.8. The van der Waals surface area contributed by atoms with Crippen molar-refractivity contribution in [2.75, 3.05) is 25.5 Å². The Labute approximate surface area is 238 Å². The van der Waals surface area contributed by atoms with Gasteiger partial charge >= 0.3 is 0 Å². The number of nitrogens with zero attached hydrogens (tertiary/aromatic N) is 3. The number of unbranched alkanes of at least 4 members (excludes halogenated alkanes) is 15. The molecule has 6 nitrogen and oxygen atoms in total. The summed E-state index contributed by atoms with van der Waals surface area (Å²) in [7, 11) is 0.472. The summed E-state index contributed by atoms with van der Waals surface area (Å²) in [6.07, 6.45) is 20.9. The number of benzene rings is 2. The van der Waals surface area contributed by atoms with Crippen LogP contribution in [0.1, 0.15) is 110 Å². The lowest BCUT2D eigenvalue weighted by Gasteiger charge is -2.11. The van der Waals surface area contributed by atoms with Crippen LogP contribution in [0.15, 0.2) is 63.7 Å². The van der Waals surface area contributed by atoms with Gasteiger partial charge in [0.2, 0.25) is 10.0 Å². The molecule has 0 heterocycles. The van der Waals surface area contributed by atoms with E-state index in [0.717, 1.165) is 24.2 Å². The third-order valence-corrected chi connectivity index (χ3v) is 8.59. The van der Waals surface area contributed by atoms with E-state index in [1.54, 1.807) is 24.3 Å². The van der Waals surface area contributed by atoms with Crippen molar-refractivity contribution in [3.63, 3.8) is 0 Å². The number of rotatable bonds is 22. The highest BCUT2D eigenvalue weighted by atomic mass is 32.2. The van der Waals surface area contributed by atoms with E-state index in [2.05, 4.69) is 21.9 Å². The van der Waals surface area contributed by atoms with Crippen molar-refractivity contribution < 1.29 is 8.42 Å². The quantitative estimate of drug-likeness (QED) is 0.116. The SMILES string of the molecule is CCCCCCCCCCCCCCCCCCNS(=O)(=O)c1ccc(N=Nc2ccc(N(C)C)cc2)cc1. The summed E-state index contributed by atoms with van der Waals surface area (Å²) in [5.74, 6) is 0. The zero-order valence-electron chi connectivity index (χ0n) is 24.7. The zero-order chi connectivity index (χ0) is 28.2. The van der Waals surface area contributed by atoms with E-state index in [9.17, 15) is 8.42 Å². The maximum atomic E-state index is 12.6. The Morgan fingerprint density at radius 1 is 0.590 bits per heavy atom. The van der Waals surface area contributed by atoms with Crippen LogP contribution in [0.2, 0.25) is 0 Å². The summed E-state index contributed by atoms with van der Waals surface area (Å²) in [6.45, 7) is 2.75. The molecule has 0 unspecified atom stereocenters. The Balaban J connectivity index is 1.52. The van der Waals surface area contributed by atoms with E-state index >= 15 is 0 Å². The van der Waals surface area contributed by atoms with Crippen LogP contribution in [0.5, 0.6) is 0 Å². The van der Waals surface area contributed by atoms with Gasteiger partial charge in [0.25, 0.3) is 0 Å². The molecule has 0 fully saturated rings. The van der Waals surface area contributed by atoms with Crippen LogP contribution in [0.25, 0.3) is 0 Å². The minimum Gasteiger partial charge on any atom is -0.378 e. The molecule has 218 valence electrons. The van der Waals surface area contributed by atoms with Crippen molar-refractivity contribution in [2.24, 2.45) is 10.2 Å². The van der Waals surface area contributed by atoms with E-state index < -0.39 is 10.0 Å². The molecular weight excluding hydrogens is 504 g/mol. The third-order valence-electron chi connectivity index (χ3n) is 7.12. The van der Waals surface area contributed by atoms with Gasteiger partial charge in [-0.1, -0.05) is 103 Å². The first-order valence-corrected chi connectivity index (χ1v) is 16.7. The zero-order valence-corrected chi connectivity index (χ0v) is 25.5. The number of hydrogen-bond acceptors (Lipinski definition) is 5. The molecule has 1 N–H and O–H groups in total. The van der Waals surface area contributed by atoms with E-state index in [1.165, 1.54) is 89.9 Å². The third kappa shape index (κ3) is 14.6. The fourth-order valence-corrected chi connectivity index (χ4v) is 5.66.